The number of fused-ring (bicyclic) bond motifs is 1. The maximum absolute atomic E-state index is 13.5. The summed E-state index contributed by atoms with van der Waals surface area (Å²) < 4.78 is 38.8. The predicted octanol–water partition coefficient (Wildman–Crippen LogP) is 4.96. The summed E-state index contributed by atoms with van der Waals surface area (Å²) in [4.78, 5) is 25.8. The molecule has 0 radical (unpaired) electrons. The molecule has 2 amide bonds. The Bertz CT molecular complexity index is 1670. The summed E-state index contributed by atoms with van der Waals surface area (Å²) >= 11 is 0. The second-order valence-corrected chi connectivity index (χ2v) is 10.9. The Balaban J connectivity index is 1.32. The summed E-state index contributed by atoms with van der Waals surface area (Å²) in [5, 5.41) is 5.55. The van der Waals surface area contributed by atoms with Gasteiger partial charge in [-0.2, -0.15) is 0 Å². The van der Waals surface area contributed by atoms with E-state index in [2.05, 4.69) is 10.6 Å². The zero-order valence-electron chi connectivity index (χ0n) is 21.9. The minimum atomic E-state index is -3.90. The van der Waals surface area contributed by atoms with Crippen molar-refractivity contribution in [2.75, 3.05) is 35.7 Å². The van der Waals surface area contributed by atoms with Crippen molar-refractivity contribution in [3.05, 3.63) is 108 Å². The highest BCUT2D eigenvalue weighted by Crippen LogP contribution is 2.34. The average Bonchev–Trinajstić information content (AvgIpc) is 3.43. The first-order valence-corrected chi connectivity index (χ1v) is 13.9. The normalized spacial score (nSPS) is 12.4. The number of para-hydroxylation sites is 1. The van der Waals surface area contributed by atoms with Gasteiger partial charge in [-0.3, -0.25) is 13.9 Å². The van der Waals surface area contributed by atoms with Crippen LogP contribution in [0.4, 0.5) is 17.1 Å². The molecule has 2 N–H and O–H groups in total. The SMILES string of the molecule is COc1ccc(NC(=O)c2ccc(NC(=O)c3cc(S(=O)(=O)N4CCc5ccccc54)ccc3OC)cc2)cc1. The van der Waals surface area contributed by atoms with Crippen molar-refractivity contribution < 1.29 is 27.5 Å². The minimum Gasteiger partial charge on any atom is -0.497 e. The van der Waals surface area contributed by atoms with Crippen molar-refractivity contribution in [1.29, 1.82) is 0 Å². The number of benzene rings is 4. The molecule has 4 aromatic carbocycles. The van der Waals surface area contributed by atoms with E-state index in [-0.39, 0.29) is 22.1 Å². The first-order valence-electron chi connectivity index (χ1n) is 12.5. The molecular formula is C30H27N3O6S. The molecule has 0 aliphatic carbocycles. The Morgan fingerprint density at radius 1 is 0.775 bits per heavy atom. The molecule has 0 bridgehead atoms. The molecule has 40 heavy (non-hydrogen) atoms. The molecule has 0 spiro atoms. The number of ether oxygens (including phenoxy) is 2. The highest BCUT2D eigenvalue weighted by atomic mass is 32.2. The van der Waals surface area contributed by atoms with Crippen LogP contribution in [0.5, 0.6) is 11.5 Å². The van der Waals surface area contributed by atoms with E-state index in [0.29, 0.717) is 41.3 Å². The average molecular weight is 558 g/mol. The number of amides is 2. The predicted molar refractivity (Wildman–Crippen MR) is 153 cm³/mol. The van der Waals surface area contributed by atoms with Crippen LogP contribution in [0, 0.1) is 0 Å². The van der Waals surface area contributed by atoms with E-state index < -0.39 is 15.9 Å². The molecule has 1 aliphatic rings. The number of anilines is 3. The van der Waals surface area contributed by atoms with Crippen LogP contribution in [0.25, 0.3) is 0 Å². The fraction of sp³-hybridized carbons (Fsp3) is 0.133. The fourth-order valence-corrected chi connectivity index (χ4v) is 6.02. The lowest BCUT2D eigenvalue weighted by Crippen LogP contribution is -2.29. The van der Waals surface area contributed by atoms with Crippen LogP contribution in [0.1, 0.15) is 26.3 Å². The lowest BCUT2D eigenvalue weighted by molar-refractivity contribution is 0.101. The van der Waals surface area contributed by atoms with Gasteiger partial charge in [0, 0.05) is 23.5 Å². The number of methoxy groups -OCH3 is 2. The van der Waals surface area contributed by atoms with Gasteiger partial charge < -0.3 is 20.1 Å². The van der Waals surface area contributed by atoms with E-state index in [1.54, 1.807) is 67.8 Å². The third-order valence-corrected chi connectivity index (χ3v) is 8.41. The Labute approximate surface area is 232 Å². The van der Waals surface area contributed by atoms with Gasteiger partial charge in [-0.05, 0) is 84.8 Å². The van der Waals surface area contributed by atoms with E-state index >= 15 is 0 Å². The number of nitrogens with one attached hydrogen (secondary N) is 2. The summed E-state index contributed by atoms with van der Waals surface area (Å²) in [7, 11) is -0.929. The molecule has 5 rings (SSSR count). The van der Waals surface area contributed by atoms with Crippen molar-refractivity contribution >= 4 is 38.9 Å². The molecule has 0 saturated heterocycles. The second kappa shape index (κ2) is 11.1. The van der Waals surface area contributed by atoms with Gasteiger partial charge >= 0.3 is 0 Å². The molecule has 0 unspecified atom stereocenters. The van der Waals surface area contributed by atoms with Gasteiger partial charge in [0.1, 0.15) is 11.5 Å². The number of hydrogen-bond acceptors (Lipinski definition) is 6. The van der Waals surface area contributed by atoms with Crippen LogP contribution in [-0.4, -0.2) is 41.0 Å². The van der Waals surface area contributed by atoms with Crippen LogP contribution < -0.4 is 24.4 Å². The van der Waals surface area contributed by atoms with Gasteiger partial charge in [-0.15, -0.1) is 0 Å². The van der Waals surface area contributed by atoms with Crippen molar-refractivity contribution in [2.45, 2.75) is 11.3 Å². The van der Waals surface area contributed by atoms with Crippen LogP contribution >= 0.6 is 0 Å². The van der Waals surface area contributed by atoms with E-state index in [4.69, 9.17) is 9.47 Å². The standard InChI is InChI=1S/C30H27N3O6S/c1-38-24-13-11-23(12-14-24)31-29(34)21-7-9-22(10-8-21)32-30(35)26-19-25(15-16-28(26)39-2)40(36,37)33-18-17-20-5-3-4-6-27(20)33/h3-16,19H,17-18H2,1-2H3,(H,31,34)(H,32,35). The van der Waals surface area contributed by atoms with Crippen molar-refractivity contribution in [2.24, 2.45) is 0 Å². The van der Waals surface area contributed by atoms with Gasteiger partial charge in [0.05, 0.1) is 30.4 Å². The molecule has 10 heteroatoms. The summed E-state index contributed by atoms with van der Waals surface area (Å²) in [5.41, 5.74) is 3.10. The molecule has 0 aromatic heterocycles. The number of carbonyl (C=O) groups excluding carboxylic acids is 2. The third kappa shape index (κ3) is 5.34. The highest BCUT2D eigenvalue weighted by molar-refractivity contribution is 7.92. The van der Waals surface area contributed by atoms with E-state index in [1.165, 1.54) is 29.6 Å². The molecular weight excluding hydrogens is 530 g/mol. The smallest absolute Gasteiger partial charge is 0.264 e. The monoisotopic (exact) mass is 557 g/mol. The lowest BCUT2D eigenvalue weighted by atomic mass is 10.1. The third-order valence-electron chi connectivity index (χ3n) is 6.60. The molecule has 0 atom stereocenters. The number of hydrogen-bond donors (Lipinski definition) is 2. The van der Waals surface area contributed by atoms with Crippen LogP contribution in [0.2, 0.25) is 0 Å². The van der Waals surface area contributed by atoms with Crippen molar-refractivity contribution in [3.8, 4) is 11.5 Å². The number of rotatable bonds is 8. The lowest BCUT2D eigenvalue weighted by Gasteiger charge is -2.20. The number of sulfonamides is 1. The summed E-state index contributed by atoms with van der Waals surface area (Å²) in [6, 6.07) is 24.9. The molecule has 204 valence electrons. The van der Waals surface area contributed by atoms with E-state index in [0.717, 1.165) is 5.56 Å². The van der Waals surface area contributed by atoms with Crippen LogP contribution in [0.3, 0.4) is 0 Å². The Hall–Kier alpha value is -4.83. The van der Waals surface area contributed by atoms with Gasteiger partial charge in [0.15, 0.2) is 0 Å². The molecule has 0 saturated carbocycles. The molecule has 1 heterocycles. The highest BCUT2D eigenvalue weighted by Gasteiger charge is 2.31. The molecule has 9 nitrogen and oxygen atoms in total. The molecule has 4 aromatic rings. The fourth-order valence-electron chi connectivity index (χ4n) is 4.49. The van der Waals surface area contributed by atoms with Gasteiger partial charge in [-0.25, -0.2) is 8.42 Å². The summed E-state index contributed by atoms with van der Waals surface area (Å²) in [5.74, 6) is 0.0465. The number of carbonyl (C=O) groups is 2. The van der Waals surface area contributed by atoms with Crippen LogP contribution in [0.15, 0.2) is 95.9 Å². The first-order chi connectivity index (χ1) is 19.3. The van der Waals surface area contributed by atoms with Crippen molar-refractivity contribution in [3.63, 3.8) is 0 Å². The maximum atomic E-state index is 13.5. The quantitative estimate of drug-likeness (QED) is 0.317. The topological polar surface area (TPSA) is 114 Å². The van der Waals surface area contributed by atoms with Gasteiger partial charge in [0.2, 0.25) is 0 Å². The van der Waals surface area contributed by atoms with E-state index in [1.807, 2.05) is 12.1 Å². The zero-order chi connectivity index (χ0) is 28.3. The molecule has 1 aliphatic heterocycles. The summed E-state index contributed by atoms with van der Waals surface area (Å²) in [6.45, 7) is 0.327. The summed E-state index contributed by atoms with van der Waals surface area (Å²) in [6.07, 6.45) is 0.618. The first kappa shape index (κ1) is 26.8. The van der Waals surface area contributed by atoms with Crippen LogP contribution in [-0.2, 0) is 16.4 Å². The minimum absolute atomic E-state index is 0.0132. The van der Waals surface area contributed by atoms with Gasteiger partial charge in [0.25, 0.3) is 21.8 Å². The Morgan fingerprint density at radius 3 is 2.10 bits per heavy atom. The Morgan fingerprint density at radius 2 is 1.43 bits per heavy atom. The number of nitrogens with zero attached hydrogens (tertiary/aromatic N) is 1. The maximum Gasteiger partial charge on any atom is 0.264 e. The zero-order valence-corrected chi connectivity index (χ0v) is 22.7. The second-order valence-electron chi connectivity index (χ2n) is 9.03. The Kier molecular flexibility index (Phi) is 7.43. The van der Waals surface area contributed by atoms with Crippen molar-refractivity contribution in [1.82, 2.24) is 0 Å². The van der Waals surface area contributed by atoms with Gasteiger partial charge in [-0.1, -0.05) is 18.2 Å². The molecule has 0 fully saturated rings. The largest absolute Gasteiger partial charge is 0.497 e. The van der Waals surface area contributed by atoms with E-state index in [9.17, 15) is 18.0 Å².